The summed E-state index contributed by atoms with van der Waals surface area (Å²) in [6.07, 6.45) is -6.78. The average molecular weight is 1240 g/mol. The van der Waals surface area contributed by atoms with Gasteiger partial charge in [-0.3, -0.25) is 4.79 Å². The highest BCUT2D eigenvalue weighted by atomic mass is 28.4. The van der Waals surface area contributed by atoms with E-state index in [9.17, 15) is 14.7 Å². The molecule has 10 atom stereocenters. The maximum atomic E-state index is 14.0. The van der Waals surface area contributed by atoms with Gasteiger partial charge in [-0.05, 0) is 127 Å². The summed E-state index contributed by atoms with van der Waals surface area (Å²) in [5, 5.41) is 11.3. The molecule has 1 amide bonds. The van der Waals surface area contributed by atoms with Gasteiger partial charge in [-0.2, -0.15) is 0 Å². The van der Waals surface area contributed by atoms with Gasteiger partial charge in [-0.25, -0.2) is 4.79 Å². The molecule has 14 nitrogen and oxygen atoms in total. The van der Waals surface area contributed by atoms with Crippen molar-refractivity contribution < 1.29 is 59.9 Å². The summed E-state index contributed by atoms with van der Waals surface area (Å²) >= 11 is 0. The van der Waals surface area contributed by atoms with Crippen molar-refractivity contribution in [2.24, 2.45) is 0 Å². The molecule has 0 radical (unpaired) electrons. The van der Waals surface area contributed by atoms with Gasteiger partial charge in [0, 0.05) is 12.2 Å². The lowest BCUT2D eigenvalue weighted by Crippen LogP contribution is -2.72. The van der Waals surface area contributed by atoms with E-state index in [1.165, 1.54) is 0 Å². The quantitative estimate of drug-likeness (QED) is 0.0827. The number of carbonyl (C=O) groups is 2. The Morgan fingerprint density at radius 3 is 0.987 bits per heavy atom. The minimum Gasteiger partial charge on any atom is -0.478 e. The van der Waals surface area contributed by atoms with E-state index in [-0.39, 0.29) is 48.5 Å². The van der Waals surface area contributed by atoms with E-state index in [0.717, 1.165) is 12.2 Å². The number of carboxylic acids is 1. The Balaban J connectivity index is 3.46. The van der Waals surface area contributed by atoms with Crippen molar-refractivity contribution in [3.63, 3.8) is 0 Å². The van der Waals surface area contributed by atoms with Gasteiger partial charge in [-0.15, -0.1) is 0 Å². The second-order valence-corrected chi connectivity index (χ2v) is 67.2. The highest BCUT2D eigenvalue weighted by Gasteiger charge is 2.61. The molecule has 466 valence electrons. The first kappa shape index (κ1) is 74.9. The van der Waals surface area contributed by atoms with Crippen LogP contribution in [0.1, 0.15) is 145 Å². The number of nitrogens with one attached hydrogen (secondary N) is 1. The molecule has 2 heterocycles. The Hall–Kier alpha value is -0.202. The predicted molar refractivity (Wildman–Crippen MR) is 344 cm³/mol. The Morgan fingerprint density at radius 2 is 0.671 bits per heavy atom. The summed E-state index contributed by atoms with van der Waals surface area (Å²) in [5.74, 6) is -1.89. The molecule has 0 aliphatic carbocycles. The molecule has 2 aliphatic rings. The Bertz CT molecular complexity index is 2050. The zero-order valence-electron chi connectivity index (χ0n) is 57.2. The molecule has 0 aromatic heterocycles. The molecule has 2 saturated heterocycles. The smallest absolute Gasteiger partial charge is 0.328 e. The number of hydrogen-bond donors (Lipinski definition) is 2. The first-order valence-electron chi connectivity index (χ1n) is 29.4. The summed E-state index contributed by atoms with van der Waals surface area (Å²) in [7, 11) is -18.5. The number of carboxylic acid groups (broad SMARTS) is 1. The summed E-state index contributed by atoms with van der Waals surface area (Å²) in [6.45, 7) is 78.6. The number of aliphatic carboxylic acids is 1. The van der Waals surface area contributed by atoms with Crippen LogP contribution >= 0.6 is 0 Å². The van der Waals surface area contributed by atoms with Crippen LogP contribution in [0.4, 0.5) is 0 Å². The molecule has 0 saturated carbocycles. The Morgan fingerprint density at radius 1 is 0.392 bits per heavy atom. The molecule has 2 N–H and O–H groups in total. The number of carbonyl (C=O) groups excluding carboxylic acids is 1. The summed E-state index contributed by atoms with van der Waals surface area (Å²) in [5.41, 5.74) is 0. The molecule has 21 heteroatoms. The maximum absolute atomic E-state index is 14.0. The fourth-order valence-electron chi connectivity index (χ4n) is 7.21. The van der Waals surface area contributed by atoms with E-state index in [2.05, 4.69) is 242 Å². The molecule has 2 fully saturated rings. The minimum absolute atomic E-state index is 0.0854. The second-order valence-electron chi connectivity index (χ2n) is 33.8. The minimum atomic E-state index is -2.80. The average Bonchev–Trinajstić information content (AvgIpc) is 3.19. The summed E-state index contributed by atoms with van der Waals surface area (Å²) < 4.78 is 76.3. The van der Waals surface area contributed by atoms with Crippen LogP contribution in [-0.4, -0.2) is 150 Å². The molecular weight excluding hydrogens is 1120 g/mol. The van der Waals surface area contributed by atoms with Crippen LogP contribution in [0.2, 0.25) is 127 Å². The van der Waals surface area contributed by atoms with E-state index in [0.29, 0.717) is 0 Å². The van der Waals surface area contributed by atoms with Crippen LogP contribution < -0.4 is 5.32 Å². The van der Waals surface area contributed by atoms with Crippen molar-refractivity contribution in [2.45, 2.75) is 334 Å². The first-order valence-corrected chi connectivity index (χ1v) is 49.8. The normalized spacial score (nSPS) is 26.7. The van der Waals surface area contributed by atoms with Gasteiger partial charge < -0.3 is 55.6 Å². The van der Waals surface area contributed by atoms with Gasteiger partial charge in [0.05, 0.1) is 13.2 Å². The SMILES string of the molecule is CC(C)(C)[Si](C)(C)OC[C@H]1O[C@@H](NC(=O)/C=C\C(=O)O)[C@H](O[Si](C)(C)C(C)(C)C)[C@@H](O[Si](C)(C)C(C)(C)C)[C@@H]1O[C@H]1O[C@H](CO[Si](C)(C)C(C)(C)C)[C@@H](O[Si](C)(C)C(C)(C)C)[C@H](O[Si](C)(C)C(C)(C)C)[C@H]1O[Si](C)(C)C(C)(C)C. The molecule has 0 aromatic carbocycles. The van der Waals surface area contributed by atoms with Crippen LogP contribution in [0.3, 0.4) is 0 Å². The summed E-state index contributed by atoms with van der Waals surface area (Å²) in [6, 6.07) is 0. The second kappa shape index (κ2) is 25.3. The highest BCUT2D eigenvalue weighted by molar-refractivity contribution is 6.76. The topological polar surface area (TPSA) is 159 Å². The molecule has 0 spiro atoms. The highest BCUT2D eigenvalue weighted by Crippen LogP contribution is 2.50. The number of amides is 1. The third-order valence-electron chi connectivity index (χ3n) is 20.2. The molecule has 0 aromatic rings. The van der Waals surface area contributed by atoms with Crippen LogP contribution in [0.15, 0.2) is 12.2 Å². The van der Waals surface area contributed by atoms with Gasteiger partial charge in [0.25, 0.3) is 0 Å². The molecule has 2 aliphatic heterocycles. The van der Waals surface area contributed by atoms with Gasteiger partial charge >= 0.3 is 5.97 Å². The van der Waals surface area contributed by atoms with Crippen molar-refractivity contribution >= 4 is 70.1 Å². The van der Waals surface area contributed by atoms with Gasteiger partial charge in [-0.1, -0.05) is 145 Å². The van der Waals surface area contributed by atoms with Crippen molar-refractivity contribution in [1.82, 2.24) is 5.32 Å². The van der Waals surface area contributed by atoms with E-state index in [4.69, 9.17) is 45.2 Å². The van der Waals surface area contributed by atoms with E-state index in [1.807, 2.05) is 0 Å². The number of rotatable bonds is 21. The third-order valence-corrected chi connectivity index (χ3v) is 51.6. The van der Waals surface area contributed by atoms with Crippen LogP contribution in [0.5, 0.6) is 0 Å². The fourth-order valence-corrected chi connectivity index (χ4v) is 15.7. The van der Waals surface area contributed by atoms with E-state index < -0.39 is 131 Å². The van der Waals surface area contributed by atoms with Crippen molar-refractivity contribution in [3.8, 4) is 0 Å². The lowest BCUT2D eigenvalue weighted by atomic mass is 9.96. The summed E-state index contributed by atoms with van der Waals surface area (Å²) in [4.78, 5) is 25.8. The van der Waals surface area contributed by atoms with Gasteiger partial charge in [0.1, 0.15) is 48.8 Å². The maximum Gasteiger partial charge on any atom is 0.328 e. The lowest BCUT2D eigenvalue weighted by molar-refractivity contribution is -0.335. The van der Waals surface area contributed by atoms with Crippen molar-refractivity contribution in [1.29, 1.82) is 0 Å². The Kier molecular flexibility index (Phi) is 23.9. The standard InChI is InChI=1S/C58H123NO13Si7/c1-52(2,3)73(22,23)63-38-40-44(46(69-76(28,29)55(10,11)12)48(71-78(32,33)57(16,17)18)50(65-40)59-42(60)36-37-43(61)62)67-51-49(72-79(34,35)58(19,20)21)47(70-77(30,31)56(13,14)15)45(68-75(26,27)54(7,8)9)41(66-51)39-64-74(24,25)53(4,5)6/h36-37,40-41,44-51H,38-39H2,1-35H3,(H,59,60)(H,61,62)/b37-36-/t40-,41-,44-,45-,46+,47+,48-,49-,50-,51-/m1/s1. The first-order chi connectivity index (χ1) is 34.6. The Labute approximate surface area is 491 Å². The number of ether oxygens (including phenoxy) is 3. The van der Waals surface area contributed by atoms with Crippen LogP contribution in [0.25, 0.3) is 0 Å². The molecular formula is C58H123NO13Si7. The monoisotopic (exact) mass is 1240 g/mol. The van der Waals surface area contributed by atoms with Crippen molar-refractivity contribution in [2.75, 3.05) is 13.2 Å². The molecule has 79 heavy (non-hydrogen) atoms. The lowest BCUT2D eigenvalue weighted by Gasteiger charge is -2.57. The zero-order chi connectivity index (χ0) is 62.5. The predicted octanol–water partition coefficient (Wildman–Crippen LogP) is 15.6. The molecule has 0 unspecified atom stereocenters. The van der Waals surface area contributed by atoms with Crippen LogP contribution in [-0.2, 0) is 54.8 Å². The zero-order valence-corrected chi connectivity index (χ0v) is 64.2. The largest absolute Gasteiger partial charge is 0.478 e. The third kappa shape index (κ3) is 19.1. The molecule has 0 bridgehead atoms. The van der Waals surface area contributed by atoms with E-state index in [1.54, 1.807) is 0 Å². The van der Waals surface area contributed by atoms with E-state index >= 15 is 0 Å². The fraction of sp³-hybridized carbons (Fsp3) is 0.931. The number of hydrogen-bond acceptors (Lipinski definition) is 12. The van der Waals surface area contributed by atoms with Crippen LogP contribution in [0, 0.1) is 0 Å². The molecule has 2 rings (SSSR count). The van der Waals surface area contributed by atoms with Gasteiger partial charge in [0.15, 0.2) is 70.7 Å². The van der Waals surface area contributed by atoms with Gasteiger partial charge in [0.2, 0.25) is 5.91 Å². The van der Waals surface area contributed by atoms with Crippen molar-refractivity contribution in [3.05, 3.63) is 12.2 Å².